The molecule has 0 bridgehead atoms. The van der Waals surface area contributed by atoms with E-state index in [9.17, 15) is 9.59 Å². The summed E-state index contributed by atoms with van der Waals surface area (Å²) >= 11 is 1.61. The predicted octanol–water partition coefficient (Wildman–Crippen LogP) is 5.15. The van der Waals surface area contributed by atoms with Crippen LogP contribution < -0.4 is 10.1 Å². The number of hydrogen-bond donors (Lipinski definition) is 1. The highest BCUT2D eigenvalue weighted by Crippen LogP contribution is 2.25. The van der Waals surface area contributed by atoms with Crippen LogP contribution >= 0.6 is 11.3 Å². The lowest BCUT2D eigenvalue weighted by Gasteiger charge is -2.12. The second kappa shape index (κ2) is 9.37. The summed E-state index contributed by atoms with van der Waals surface area (Å²) in [4.78, 5) is 26.6. The minimum atomic E-state index is -0.176. The number of carbonyl (C=O) groups excluding carboxylic acids is 2. The Hall–Kier alpha value is -2.14. The number of unbranched alkanes of at least 4 members (excludes halogenated alkanes) is 1. The lowest BCUT2D eigenvalue weighted by Crippen LogP contribution is -2.14. The van der Waals surface area contributed by atoms with Crippen LogP contribution in [0.3, 0.4) is 0 Å². The van der Waals surface area contributed by atoms with E-state index in [1.807, 2.05) is 44.2 Å². The maximum atomic E-state index is 12.3. The quantitative estimate of drug-likeness (QED) is 0.498. The largest absolute Gasteiger partial charge is 0.491 e. The van der Waals surface area contributed by atoms with Crippen LogP contribution in [-0.4, -0.2) is 18.3 Å². The first-order valence-corrected chi connectivity index (χ1v) is 9.44. The van der Waals surface area contributed by atoms with Crippen molar-refractivity contribution >= 4 is 28.7 Å². The number of hydrogen-bond acceptors (Lipinski definition) is 4. The number of nitrogens with one attached hydrogen (secondary N) is 1. The number of thiophene rings is 1. The third-order valence-corrected chi connectivity index (χ3v) is 4.80. The van der Waals surface area contributed by atoms with Crippen LogP contribution in [0, 0.1) is 13.8 Å². The van der Waals surface area contributed by atoms with Gasteiger partial charge in [-0.3, -0.25) is 9.59 Å². The van der Waals surface area contributed by atoms with E-state index in [-0.39, 0.29) is 24.5 Å². The maximum Gasteiger partial charge on any atom is 0.224 e. The molecule has 2 rings (SSSR count). The first-order chi connectivity index (χ1) is 12.0. The van der Waals surface area contributed by atoms with Gasteiger partial charge in [0.15, 0.2) is 5.78 Å². The number of Topliss-reactive ketones (excluding diaryl/α,β-unsaturated/α-hetero) is 1. The summed E-state index contributed by atoms with van der Waals surface area (Å²) < 4.78 is 5.71. The van der Waals surface area contributed by atoms with Crippen LogP contribution in [-0.2, 0) is 4.79 Å². The molecule has 0 saturated carbocycles. The SMILES string of the molecule is CCCCOc1ccccc1NC(=O)CCC(=O)c1cc(C)sc1C. The molecule has 1 aromatic carbocycles. The average molecular weight is 359 g/mol. The van der Waals surface area contributed by atoms with Crippen molar-refractivity contribution in [2.45, 2.75) is 46.5 Å². The molecule has 2 aromatic rings. The van der Waals surface area contributed by atoms with Crippen molar-refractivity contribution in [1.82, 2.24) is 0 Å². The molecule has 1 amide bonds. The van der Waals surface area contributed by atoms with Crippen LogP contribution in [0.2, 0.25) is 0 Å². The second-order valence-electron chi connectivity index (χ2n) is 6.00. The van der Waals surface area contributed by atoms with Crippen LogP contribution in [0.5, 0.6) is 5.75 Å². The van der Waals surface area contributed by atoms with E-state index in [0.717, 1.165) is 28.2 Å². The van der Waals surface area contributed by atoms with Gasteiger partial charge in [0, 0.05) is 28.2 Å². The fourth-order valence-electron chi connectivity index (χ4n) is 2.50. The van der Waals surface area contributed by atoms with Gasteiger partial charge in [0.1, 0.15) is 5.75 Å². The third-order valence-electron chi connectivity index (χ3n) is 3.84. The molecule has 4 nitrogen and oxygen atoms in total. The lowest BCUT2D eigenvalue weighted by atomic mass is 10.1. The monoisotopic (exact) mass is 359 g/mol. The van der Waals surface area contributed by atoms with Crippen LogP contribution in [0.15, 0.2) is 30.3 Å². The van der Waals surface area contributed by atoms with Gasteiger partial charge in [-0.1, -0.05) is 25.5 Å². The van der Waals surface area contributed by atoms with Gasteiger partial charge in [0.2, 0.25) is 5.91 Å². The third kappa shape index (κ3) is 5.71. The molecule has 134 valence electrons. The molecule has 0 saturated heterocycles. The van der Waals surface area contributed by atoms with E-state index in [4.69, 9.17) is 4.74 Å². The van der Waals surface area contributed by atoms with Crippen molar-refractivity contribution in [3.05, 3.63) is 45.6 Å². The summed E-state index contributed by atoms with van der Waals surface area (Å²) in [5.41, 5.74) is 1.39. The molecule has 0 unspecified atom stereocenters. The first-order valence-electron chi connectivity index (χ1n) is 8.63. The smallest absolute Gasteiger partial charge is 0.224 e. The minimum absolute atomic E-state index is 0.0180. The first kappa shape index (κ1) is 19.2. The van der Waals surface area contributed by atoms with E-state index in [1.165, 1.54) is 0 Å². The standard InChI is InChI=1S/C20H25NO3S/c1-4-5-12-24-19-9-7-6-8-17(19)21-20(23)11-10-18(22)16-13-14(2)25-15(16)3/h6-9,13H,4-5,10-12H2,1-3H3,(H,21,23). The Kier molecular flexibility index (Phi) is 7.19. The zero-order valence-corrected chi connectivity index (χ0v) is 15.9. The van der Waals surface area contributed by atoms with Crippen LogP contribution in [0.25, 0.3) is 0 Å². The topological polar surface area (TPSA) is 55.4 Å². The number of benzene rings is 1. The predicted molar refractivity (Wildman–Crippen MR) is 103 cm³/mol. The number of rotatable bonds is 9. The Morgan fingerprint density at radius 1 is 1.16 bits per heavy atom. The summed E-state index contributed by atoms with van der Waals surface area (Å²) in [6, 6.07) is 9.28. The van der Waals surface area contributed by atoms with Gasteiger partial charge < -0.3 is 10.1 Å². The maximum absolute atomic E-state index is 12.3. The van der Waals surface area contributed by atoms with E-state index in [0.29, 0.717) is 18.0 Å². The molecule has 0 radical (unpaired) electrons. The van der Waals surface area contributed by atoms with Gasteiger partial charge >= 0.3 is 0 Å². The lowest BCUT2D eigenvalue weighted by molar-refractivity contribution is -0.116. The molecule has 0 atom stereocenters. The van der Waals surface area contributed by atoms with Crippen molar-refractivity contribution in [3.63, 3.8) is 0 Å². The highest BCUT2D eigenvalue weighted by Gasteiger charge is 2.14. The Balaban J connectivity index is 1.90. The number of ketones is 1. The summed E-state index contributed by atoms with van der Waals surface area (Å²) in [6.45, 7) is 6.65. The molecule has 1 aromatic heterocycles. The number of para-hydroxylation sites is 2. The summed E-state index contributed by atoms with van der Waals surface area (Å²) in [5, 5.41) is 2.85. The Labute approximate surface area is 153 Å². The minimum Gasteiger partial charge on any atom is -0.491 e. The van der Waals surface area contributed by atoms with E-state index in [2.05, 4.69) is 12.2 Å². The summed E-state index contributed by atoms with van der Waals surface area (Å²) in [6.07, 6.45) is 2.40. The number of amides is 1. The molecule has 25 heavy (non-hydrogen) atoms. The molecule has 0 spiro atoms. The fourth-order valence-corrected chi connectivity index (χ4v) is 3.45. The van der Waals surface area contributed by atoms with Crippen molar-refractivity contribution in [2.75, 3.05) is 11.9 Å². The molecular weight excluding hydrogens is 334 g/mol. The van der Waals surface area contributed by atoms with Gasteiger partial charge in [-0.25, -0.2) is 0 Å². The Morgan fingerprint density at radius 3 is 2.60 bits per heavy atom. The zero-order chi connectivity index (χ0) is 18.2. The average Bonchev–Trinajstić information content (AvgIpc) is 2.93. The highest BCUT2D eigenvalue weighted by atomic mass is 32.1. The molecular formula is C20H25NO3S. The van der Waals surface area contributed by atoms with E-state index < -0.39 is 0 Å². The second-order valence-corrected chi connectivity index (χ2v) is 7.46. The molecule has 0 fully saturated rings. The van der Waals surface area contributed by atoms with Crippen molar-refractivity contribution in [2.24, 2.45) is 0 Å². The van der Waals surface area contributed by atoms with E-state index >= 15 is 0 Å². The van der Waals surface area contributed by atoms with Gasteiger partial charge in [0.25, 0.3) is 0 Å². The molecule has 5 heteroatoms. The highest BCUT2D eigenvalue weighted by molar-refractivity contribution is 7.12. The Bertz CT molecular complexity index is 736. The van der Waals surface area contributed by atoms with Gasteiger partial charge in [-0.05, 0) is 38.5 Å². The number of ether oxygens (including phenoxy) is 1. The molecule has 0 aliphatic rings. The summed E-state index contributed by atoms with van der Waals surface area (Å²) in [5.74, 6) is 0.508. The molecule has 0 aliphatic heterocycles. The van der Waals surface area contributed by atoms with Gasteiger partial charge in [0.05, 0.1) is 12.3 Å². The summed E-state index contributed by atoms with van der Waals surface area (Å²) in [7, 11) is 0. The van der Waals surface area contributed by atoms with E-state index in [1.54, 1.807) is 11.3 Å². The van der Waals surface area contributed by atoms with Gasteiger partial charge in [-0.15, -0.1) is 11.3 Å². The zero-order valence-electron chi connectivity index (χ0n) is 15.1. The van der Waals surface area contributed by atoms with Crippen molar-refractivity contribution in [1.29, 1.82) is 0 Å². The normalized spacial score (nSPS) is 10.5. The molecule has 1 heterocycles. The van der Waals surface area contributed by atoms with Crippen LogP contribution in [0.4, 0.5) is 5.69 Å². The molecule has 0 aliphatic carbocycles. The Morgan fingerprint density at radius 2 is 1.92 bits per heavy atom. The molecule has 1 N–H and O–H groups in total. The van der Waals surface area contributed by atoms with Crippen molar-refractivity contribution in [3.8, 4) is 5.75 Å². The van der Waals surface area contributed by atoms with Gasteiger partial charge in [-0.2, -0.15) is 0 Å². The van der Waals surface area contributed by atoms with Crippen LogP contribution in [0.1, 0.15) is 52.7 Å². The fraction of sp³-hybridized carbons (Fsp3) is 0.400. The van der Waals surface area contributed by atoms with Crippen molar-refractivity contribution < 1.29 is 14.3 Å². The number of aryl methyl sites for hydroxylation is 2. The number of anilines is 1. The number of carbonyl (C=O) groups is 2.